The molecular formula is C14H15BrClN3. The molecule has 1 aromatic heterocycles. The third-order valence-electron chi connectivity index (χ3n) is 2.60. The largest absolute Gasteiger partial charge is 0.366 e. The molecule has 0 unspecified atom stereocenters. The topological polar surface area (TPSA) is 37.8 Å². The average molecular weight is 341 g/mol. The van der Waals surface area contributed by atoms with Crippen LogP contribution in [0, 0.1) is 0 Å². The molecule has 0 bridgehead atoms. The zero-order valence-electron chi connectivity index (χ0n) is 10.7. The van der Waals surface area contributed by atoms with Crippen molar-refractivity contribution in [2.45, 2.75) is 26.3 Å². The normalized spacial score (nSPS) is 10.5. The molecule has 0 saturated carbocycles. The van der Waals surface area contributed by atoms with Crippen molar-refractivity contribution >= 4 is 33.3 Å². The Morgan fingerprint density at radius 2 is 1.95 bits per heavy atom. The van der Waals surface area contributed by atoms with Crippen molar-refractivity contribution in [2.24, 2.45) is 0 Å². The minimum atomic E-state index is 0.714. The summed E-state index contributed by atoms with van der Waals surface area (Å²) >= 11 is 9.27. The molecule has 1 aromatic carbocycles. The van der Waals surface area contributed by atoms with Gasteiger partial charge in [0, 0.05) is 24.1 Å². The summed E-state index contributed by atoms with van der Waals surface area (Å²) in [5, 5.41) is 4.04. The molecule has 0 saturated heterocycles. The van der Waals surface area contributed by atoms with Crippen molar-refractivity contribution in [3.8, 4) is 0 Å². The Bertz CT molecular complexity index is 543. The summed E-state index contributed by atoms with van der Waals surface area (Å²) in [6.07, 6.45) is 1.92. The van der Waals surface area contributed by atoms with Crippen LogP contribution in [0.2, 0.25) is 5.02 Å². The molecule has 1 heterocycles. The Kier molecular flexibility index (Phi) is 5.16. The summed E-state index contributed by atoms with van der Waals surface area (Å²) in [5.74, 6) is 1.69. The number of aryl methyl sites for hydroxylation is 1. The van der Waals surface area contributed by atoms with Gasteiger partial charge in [-0.3, -0.25) is 0 Å². The highest BCUT2D eigenvalue weighted by atomic mass is 79.9. The molecule has 1 N–H and O–H groups in total. The first-order chi connectivity index (χ1) is 9.17. The number of nitrogens with zero attached hydrogens (tertiary/aromatic N) is 2. The van der Waals surface area contributed by atoms with Crippen LogP contribution in [0.3, 0.4) is 0 Å². The van der Waals surface area contributed by atoms with E-state index < -0.39 is 0 Å². The Morgan fingerprint density at radius 3 is 2.63 bits per heavy atom. The standard InChI is InChI=1S/C14H15BrClN3/c1-2-3-13-18-12(15)8-14(19-13)17-9-10-4-6-11(16)7-5-10/h4-8H,2-3,9H2,1H3,(H,17,18,19). The van der Waals surface area contributed by atoms with Crippen LogP contribution in [-0.2, 0) is 13.0 Å². The minimum absolute atomic E-state index is 0.714. The molecule has 100 valence electrons. The van der Waals surface area contributed by atoms with E-state index in [9.17, 15) is 0 Å². The molecule has 2 rings (SSSR count). The lowest BCUT2D eigenvalue weighted by Gasteiger charge is -2.08. The quantitative estimate of drug-likeness (QED) is 0.817. The Balaban J connectivity index is 2.04. The van der Waals surface area contributed by atoms with E-state index in [1.165, 1.54) is 0 Å². The fraction of sp³-hybridized carbons (Fsp3) is 0.286. The van der Waals surface area contributed by atoms with Crippen LogP contribution in [-0.4, -0.2) is 9.97 Å². The number of benzene rings is 1. The first-order valence-electron chi connectivity index (χ1n) is 6.19. The Hall–Kier alpha value is -1.13. The first kappa shape index (κ1) is 14.3. The summed E-state index contributed by atoms with van der Waals surface area (Å²) in [7, 11) is 0. The van der Waals surface area contributed by atoms with Crippen molar-refractivity contribution in [3.63, 3.8) is 0 Å². The molecule has 0 aliphatic carbocycles. The van der Waals surface area contributed by atoms with Gasteiger partial charge in [0.05, 0.1) is 0 Å². The fourth-order valence-corrected chi connectivity index (χ4v) is 2.23. The zero-order chi connectivity index (χ0) is 13.7. The molecule has 0 spiro atoms. The van der Waals surface area contributed by atoms with Crippen LogP contribution >= 0.6 is 27.5 Å². The molecule has 0 amide bonds. The first-order valence-corrected chi connectivity index (χ1v) is 7.36. The smallest absolute Gasteiger partial charge is 0.132 e. The highest BCUT2D eigenvalue weighted by Gasteiger charge is 2.02. The highest BCUT2D eigenvalue weighted by molar-refractivity contribution is 9.10. The van der Waals surface area contributed by atoms with Gasteiger partial charge in [0.1, 0.15) is 16.2 Å². The second-order valence-electron chi connectivity index (χ2n) is 4.22. The molecule has 5 heteroatoms. The Morgan fingerprint density at radius 1 is 1.21 bits per heavy atom. The van der Waals surface area contributed by atoms with E-state index in [-0.39, 0.29) is 0 Å². The summed E-state index contributed by atoms with van der Waals surface area (Å²) in [5.41, 5.74) is 1.16. The van der Waals surface area contributed by atoms with E-state index in [2.05, 4.69) is 38.1 Å². The lowest BCUT2D eigenvalue weighted by Crippen LogP contribution is -2.04. The molecule has 19 heavy (non-hydrogen) atoms. The van der Waals surface area contributed by atoms with E-state index in [1.807, 2.05) is 30.3 Å². The van der Waals surface area contributed by atoms with Gasteiger partial charge in [-0.15, -0.1) is 0 Å². The van der Waals surface area contributed by atoms with E-state index in [1.54, 1.807) is 0 Å². The third kappa shape index (κ3) is 4.48. The van der Waals surface area contributed by atoms with Gasteiger partial charge >= 0.3 is 0 Å². The number of halogens is 2. The predicted octanol–water partition coefficient (Wildman–Crippen LogP) is 4.46. The van der Waals surface area contributed by atoms with Gasteiger partial charge in [-0.25, -0.2) is 9.97 Å². The number of aromatic nitrogens is 2. The fourth-order valence-electron chi connectivity index (χ4n) is 1.69. The number of hydrogen-bond acceptors (Lipinski definition) is 3. The minimum Gasteiger partial charge on any atom is -0.366 e. The van der Waals surface area contributed by atoms with Crippen LogP contribution in [0.15, 0.2) is 34.9 Å². The molecular weight excluding hydrogens is 326 g/mol. The molecule has 2 aromatic rings. The average Bonchev–Trinajstić information content (AvgIpc) is 2.38. The summed E-state index contributed by atoms with van der Waals surface area (Å²) < 4.78 is 0.810. The second kappa shape index (κ2) is 6.87. The third-order valence-corrected chi connectivity index (χ3v) is 3.26. The second-order valence-corrected chi connectivity index (χ2v) is 5.47. The van der Waals surface area contributed by atoms with E-state index >= 15 is 0 Å². The highest BCUT2D eigenvalue weighted by Crippen LogP contribution is 2.15. The van der Waals surface area contributed by atoms with Gasteiger partial charge in [-0.1, -0.05) is 30.7 Å². The number of rotatable bonds is 5. The summed E-state index contributed by atoms with van der Waals surface area (Å²) in [6.45, 7) is 2.83. The number of anilines is 1. The predicted molar refractivity (Wildman–Crippen MR) is 82.5 cm³/mol. The van der Waals surface area contributed by atoms with Gasteiger partial charge in [0.2, 0.25) is 0 Å². The van der Waals surface area contributed by atoms with Crippen LogP contribution in [0.1, 0.15) is 24.7 Å². The van der Waals surface area contributed by atoms with Crippen molar-refractivity contribution in [1.82, 2.24) is 9.97 Å². The van der Waals surface area contributed by atoms with E-state index in [0.717, 1.165) is 39.7 Å². The van der Waals surface area contributed by atoms with Gasteiger partial charge in [0.15, 0.2) is 0 Å². The van der Waals surface area contributed by atoms with Gasteiger partial charge in [-0.2, -0.15) is 0 Å². The summed E-state index contributed by atoms with van der Waals surface area (Å²) in [6, 6.07) is 9.65. The SMILES string of the molecule is CCCc1nc(Br)cc(NCc2ccc(Cl)cc2)n1. The Labute approximate surface area is 126 Å². The maximum absolute atomic E-state index is 5.86. The van der Waals surface area contributed by atoms with Crippen molar-refractivity contribution in [2.75, 3.05) is 5.32 Å². The molecule has 0 atom stereocenters. The number of nitrogens with one attached hydrogen (secondary N) is 1. The molecule has 0 radical (unpaired) electrons. The van der Waals surface area contributed by atoms with E-state index in [0.29, 0.717) is 6.54 Å². The monoisotopic (exact) mass is 339 g/mol. The zero-order valence-corrected chi connectivity index (χ0v) is 13.0. The van der Waals surface area contributed by atoms with Crippen LogP contribution in [0.5, 0.6) is 0 Å². The van der Waals surface area contributed by atoms with E-state index in [4.69, 9.17) is 11.6 Å². The molecule has 0 aliphatic rings. The van der Waals surface area contributed by atoms with Gasteiger partial charge in [-0.05, 0) is 40.0 Å². The maximum Gasteiger partial charge on any atom is 0.132 e. The van der Waals surface area contributed by atoms with Crippen molar-refractivity contribution < 1.29 is 0 Å². The van der Waals surface area contributed by atoms with Crippen LogP contribution in [0.25, 0.3) is 0 Å². The maximum atomic E-state index is 5.86. The van der Waals surface area contributed by atoms with Crippen LogP contribution < -0.4 is 5.32 Å². The lowest BCUT2D eigenvalue weighted by molar-refractivity contribution is 0.828. The van der Waals surface area contributed by atoms with Gasteiger partial charge in [0.25, 0.3) is 0 Å². The van der Waals surface area contributed by atoms with Crippen molar-refractivity contribution in [3.05, 3.63) is 51.3 Å². The number of hydrogen-bond donors (Lipinski definition) is 1. The summed E-state index contributed by atoms with van der Waals surface area (Å²) in [4.78, 5) is 8.82. The lowest BCUT2D eigenvalue weighted by atomic mass is 10.2. The molecule has 0 fully saturated rings. The van der Waals surface area contributed by atoms with Crippen molar-refractivity contribution in [1.29, 1.82) is 0 Å². The van der Waals surface area contributed by atoms with Gasteiger partial charge < -0.3 is 5.32 Å². The van der Waals surface area contributed by atoms with Crippen LogP contribution in [0.4, 0.5) is 5.82 Å². The molecule has 3 nitrogen and oxygen atoms in total. The molecule has 0 aliphatic heterocycles.